The fourth-order valence-electron chi connectivity index (χ4n) is 5.53. The Bertz CT molecular complexity index is 1660. The van der Waals surface area contributed by atoms with E-state index in [0.717, 1.165) is 41.5 Å². The fourth-order valence-corrected chi connectivity index (χ4v) is 5.53. The summed E-state index contributed by atoms with van der Waals surface area (Å²) in [5, 5.41) is 0.734. The van der Waals surface area contributed by atoms with Gasteiger partial charge in [-0.05, 0) is 61.1 Å². The lowest BCUT2D eigenvalue weighted by atomic mass is 9.96. The third kappa shape index (κ3) is 5.26. The molecule has 9 heteroatoms. The number of rotatable bonds is 5. The largest absolute Gasteiger partial charge is 0.454 e. The summed E-state index contributed by atoms with van der Waals surface area (Å²) in [6.45, 7) is 6.11. The van der Waals surface area contributed by atoms with Gasteiger partial charge in [0.05, 0.1) is 18.0 Å². The molecule has 1 atom stereocenters. The monoisotopic (exact) mass is 551 g/mol. The molecule has 2 aromatic carbocycles. The van der Waals surface area contributed by atoms with E-state index in [9.17, 15) is 9.18 Å². The zero-order valence-electron chi connectivity index (χ0n) is 22.6. The molecule has 0 spiro atoms. The average Bonchev–Trinajstić information content (AvgIpc) is 3.64. The lowest BCUT2D eigenvalue weighted by molar-refractivity contribution is -0.127. The first-order chi connectivity index (χ1) is 20.0. The quantitative estimate of drug-likeness (QED) is 0.265. The molecule has 1 amide bonds. The zero-order chi connectivity index (χ0) is 28.3. The summed E-state index contributed by atoms with van der Waals surface area (Å²) in [6.07, 6.45) is 5.25. The van der Waals surface area contributed by atoms with Gasteiger partial charge in [0.1, 0.15) is 29.2 Å². The summed E-state index contributed by atoms with van der Waals surface area (Å²) in [5.74, 6) is 7.68. The van der Waals surface area contributed by atoms with Crippen molar-refractivity contribution in [3.8, 4) is 34.5 Å². The van der Waals surface area contributed by atoms with Crippen LogP contribution in [-0.4, -0.2) is 51.6 Å². The lowest BCUT2D eigenvalue weighted by Crippen LogP contribution is -2.37. The Hall–Kier alpha value is -4.68. The summed E-state index contributed by atoms with van der Waals surface area (Å²) in [5.41, 5.74) is 9.69. The number of amides is 1. The highest BCUT2D eigenvalue weighted by atomic mass is 19.1. The van der Waals surface area contributed by atoms with Gasteiger partial charge in [0.25, 0.3) is 0 Å². The minimum atomic E-state index is -0.430. The number of ether oxygens (including phenoxy) is 2. The summed E-state index contributed by atoms with van der Waals surface area (Å²) >= 11 is 0. The molecule has 2 aromatic heterocycles. The topological polar surface area (TPSA) is 95.5 Å². The van der Waals surface area contributed by atoms with E-state index in [-0.39, 0.29) is 23.6 Å². The standard InChI is InChI=1S/C32H30FN5O3/c1-2-28(39)37-16-13-21(14-17-37)7-12-26-29(22-8-10-24(11-9-22)41-27-6-4-3-5-25(27)33)30-31(34)35-20-36-32(30)38(26)23-15-18-40-19-23/h2-6,8-11,20-21,23H,1,13-19H2,(H2,34,35,36). The molecule has 0 radical (unpaired) electrons. The maximum atomic E-state index is 14.2. The van der Waals surface area contributed by atoms with Crippen LogP contribution in [0.25, 0.3) is 22.2 Å². The van der Waals surface area contributed by atoms with Crippen LogP contribution in [0, 0.1) is 23.6 Å². The van der Waals surface area contributed by atoms with Crippen molar-refractivity contribution in [3.05, 3.63) is 79.0 Å². The van der Waals surface area contributed by atoms with E-state index < -0.39 is 5.82 Å². The summed E-state index contributed by atoms with van der Waals surface area (Å²) < 4.78 is 27.8. The van der Waals surface area contributed by atoms with Gasteiger partial charge in [0, 0.05) is 31.2 Å². The Morgan fingerprint density at radius 2 is 1.90 bits per heavy atom. The number of hydrogen-bond acceptors (Lipinski definition) is 6. The number of carbonyl (C=O) groups is 1. The van der Waals surface area contributed by atoms with E-state index >= 15 is 0 Å². The molecular weight excluding hydrogens is 521 g/mol. The number of nitrogens with zero attached hydrogens (tertiary/aromatic N) is 4. The van der Waals surface area contributed by atoms with Crippen molar-refractivity contribution in [1.29, 1.82) is 0 Å². The number of nitrogens with two attached hydrogens (primary N) is 1. The molecule has 0 saturated carbocycles. The van der Waals surface area contributed by atoms with Crippen molar-refractivity contribution in [3.63, 3.8) is 0 Å². The number of para-hydroxylation sites is 1. The van der Waals surface area contributed by atoms with Gasteiger partial charge in [0.15, 0.2) is 11.6 Å². The molecule has 2 aliphatic heterocycles. The number of fused-ring (bicyclic) bond motifs is 1. The number of hydrogen-bond donors (Lipinski definition) is 1. The van der Waals surface area contributed by atoms with Gasteiger partial charge in [-0.3, -0.25) is 4.79 Å². The molecule has 208 valence electrons. The highest BCUT2D eigenvalue weighted by Gasteiger charge is 2.28. The van der Waals surface area contributed by atoms with Crippen LogP contribution >= 0.6 is 0 Å². The molecule has 1 unspecified atom stereocenters. The Morgan fingerprint density at radius 3 is 2.61 bits per heavy atom. The Kier molecular flexibility index (Phi) is 7.40. The normalized spacial score (nSPS) is 17.3. The van der Waals surface area contributed by atoms with Crippen LogP contribution in [0.4, 0.5) is 10.2 Å². The van der Waals surface area contributed by atoms with Crippen LogP contribution in [-0.2, 0) is 9.53 Å². The first-order valence-corrected chi connectivity index (χ1v) is 13.7. The molecule has 4 heterocycles. The van der Waals surface area contributed by atoms with Crippen molar-refractivity contribution >= 4 is 22.8 Å². The number of likely N-dealkylation sites (tertiary alicyclic amines) is 1. The molecule has 2 N–H and O–H groups in total. The summed E-state index contributed by atoms with van der Waals surface area (Å²) in [6, 6.07) is 13.8. The van der Waals surface area contributed by atoms with Crippen LogP contribution in [0.2, 0.25) is 0 Å². The zero-order valence-corrected chi connectivity index (χ0v) is 22.6. The van der Waals surface area contributed by atoms with Crippen molar-refractivity contribution in [2.45, 2.75) is 25.3 Å². The van der Waals surface area contributed by atoms with Crippen LogP contribution < -0.4 is 10.5 Å². The number of benzene rings is 2. The Balaban J connectivity index is 1.42. The van der Waals surface area contributed by atoms with Crippen LogP contribution in [0.1, 0.15) is 31.0 Å². The third-order valence-electron chi connectivity index (χ3n) is 7.67. The van der Waals surface area contributed by atoms with Crippen molar-refractivity contribution in [2.24, 2.45) is 5.92 Å². The minimum absolute atomic E-state index is 0.0449. The SMILES string of the molecule is C=CC(=O)N1CCC(C#Cc2c(-c3ccc(Oc4ccccc4F)cc3)c3c(N)ncnc3n2C2CCOC2)CC1. The maximum absolute atomic E-state index is 14.2. The molecule has 6 rings (SSSR count). The lowest BCUT2D eigenvalue weighted by Gasteiger charge is -2.28. The van der Waals surface area contributed by atoms with E-state index in [2.05, 4.69) is 33.0 Å². The van der Waals surface area contributed by atoms with Gasteiger partial charge < -0.3 is 24.7 Å². The molecule has 2 aliphatic rings. The molecule has 4 aromatic rings. The van der Waals surface area contributed by atoms with Gasteiger partial charge in [-0.1, -0.05) is 36.8 Å². The minimum Gasteiger partial charge on any atom is -0.454 e. The summed E-state index contributed by atoms with van der Waals surface area (Å²) in [7, 11) is 0. The van der Waals surface area contributed by atoms with Gasteiger partial charge in [-0.15, -0.1) is 0 Å². The molecule has 0 aliphatic carbocycles. The van der Waals surface area contributed by atoms with E-state index in [1.54, 1.807) is 30.3 Å². The summed E-state index contributed by atoms with van der Waals surface area (Å²) in [4.78, 5) is 22.8. The predicted octanol–water partition coefficient (Wildman–Crippen LogP) is 5.35. The smallest absolute Gasteiger partial charge is 0.245 e. The Labute approximate surface area is 237 Å². The first kappa shape index (κ1) is 26.5. The molecule has 2 saturated heterocycles. The predicted molar refractivity (Wildman–Crippen MR) is 155 cm³/mol. The van der Waals surface area contributed by atoms with Crippen LogP contribution in [0.5, 0.6) is 11.5 Å². The van der Waals surface area contributed by atoms with Crippen molar-refractivity contribution in [2.75, 3.05) is 32.0 Å². The number of halogens is 1. The van der Waals surface area contributed by atoms with E-state index in [1.807, 2.05) is 17.0 Å². The molecular formula is C32H30FN5O3. The van der Waals surface area contributed by atoms with E-state index in [4.69, 9.17) is 15.2 Å². The third-order valence-corrected chi connectivity index (χ3v) is 7.67. The number of carbonyl (C=O) groups excluding carboxylic acids is 1. The second-order valence-electron chi connectivity index (χ2n) is 10.2. The first-order valence-electron chi connectivity index (χ1n) is 13.7. The average molecular weight is 552 g/mol. The number of piperidine rings is 1. The molecule has 8 nitrogen and oxygen atoms in total. The second kappa shape index (κ2) is 11.4. The number of aromatic nitrogens is 3. The second-order valence-corrected chi connectivity index (χ2v) is 10.2. The van der Waals surface area contributed by atoms with Crippen LogP contribution in [0.15, 0.2) is 67.5 Å². The van der Waals surface area contributed by atoms with E-state index in [1.165, 1.54) is 18.5 Å². The number of nitrogen functional groups attached to an aromatic ring is 1. The fraction of sp³-hybridized carbons (Fsp3) is 0.281. The van der Waals surface area contributed by atoms with Gasteiger partial charge in [0.2, 0.25) is 5.91 Å². The van der Waals surface area contributed by atoms with Crippen molar-refractivity contribution in [1.82, 2.24) is 19.4 Å². The van der Waals surface area contributed by atoms with Gasteiger partial charge in [-0.25, -0.2) is 14.4 Å². The van der Waals surface area contributed by atoms with Crippen molar-refractivity contribution < 1.29 is 18.7 Å². The van der Waals surface area contributed by atoms with E-state index in [0.29, 0.717) is 43.5 Å². The van der Waals surface area contributed by atoms with Gasteiger partial charge in [-0.2, -0.15) is 0 Å². The molecule has 0 bridgehead atoms. The van der Waals surface area contributed by atoms with Gasteiger partial charge >= 0.3 is 0 Å². The number of anilines is 1. The highest BCUT2D eigenvalue weighted by molar-refractivity contribution is 6.03. The van der Waals surface area contributed by atoms with Crippen LogP contribution in [0.3, 0.4) is 0 Å². The highest BCUT2D eigenvalue weighted by Crippen LogP contribution is 2.40. The maximum Gasteiger partial charge on any atom is 0.245 e. The Morgan fingerprint density at radius 1 is 1.12 bits per heavy atom. The molecule has 41 heavy (non-hydrogen) atoms. The molecule has 2 fully saturated rings.